The van der Waals surface area contributed by atoms with Gasteiger partial charge in [0.15, 0.2) is 11.6 Å². The lowest BCUT2D eigenvalue weighted by Gasteiger charge is -2.20. The van der Waals surface area contributed by atoms with Gasteiger partial charge in [0.1, 0.15) is 0 Å². The normalized spacial score (nSPS) is 11.7. The van der Waals surface area contributed by atoms with Crippen molar-refractivity contribution in [1.82, 2.24) is 19.6 Å². The van der Waals surface area contributed by atoms with E-state index in [0.717, 1.165) is 47.0 Å². The number of benzene rings is 2. The molecule has 0 fully saturated rings. The van der Waals surface area contributed by atoms with Crippen molar-refractivity contribution in [3.63, 3.8) is 0 Å². The number of rotatable bonds is 5. The number of halogens is 1. The van der Waals surface area contributed by atoms with Crippen molar-refractivity contribution in [3.05, 3.63) is 64.9 Å². The molecule has 2 aromatic carbocycles. The maximum absolute atomic E-state index is 6.26. The Morgan fingerprint density at radius 1 is 1.00 bits per heavy atom. The maximum atomic E-state index is 6.26. The highest BCUT2D eigenvalue weighted by Crippen LogP contribution is 2.27. The molecule has 0 aliphatic carbocycles. The van der Waals surface area contributed by atoms with Crippen LogP contribution < -0.4 is 4.90 Å². The van der Waals surface area contributed by atoms with Gasteiger partial charge in [-0.2, -0.15) is 0 Å². The molecule has 0 saturated heterocycles. The molecule has 0 aliphatic heterocycles. The molecule has 0 spiro atoms. The Labute approximate surface area is 162 Å². The topological polar surface area (TPSA) is 46.3 Å². The molecule has 136 valence electrons. The molecule has 27 heavy (non-hydrogen) atoms. The van der Waals surface area contributed by atoms with Gasteiger partial charge in [0.05, 0.1) is 11.0 Å². The molecular weight excluding hydrogens is 358 g/mol. The van der Waals surface area contributed by atoms with E-state index >= 15 is 0 Å². The number of nitrogens with zero attached hydrogens (tertiary/aromatic N) is 5. The Bertz CT molecular complexity index is 1110. The van der Waals surface area contributed by atoms with Crippen LogP contribution in [-0.4, -0.2) is 32.7 Å². The summed E-state index contributed by atoms with van der Waals surface area (Å²) < 4.78 is 2.03. The zero-order valence-electron chi connectivity index (χ0n) is 15.3. The second kappa shape index (κ2) is 7.37. The van der Waals surface area contributed by atoms with Crippen molar-refractivity contribution in [2.45, 2.75) is 13.8 Å². The summed E-state index contributed by atoms with van der Waals surface area (Å²) in [6.45, 7) is 5.92. The highest BCUT2D eigenvalue weighted by molar-refractivity contribution is 6.31. The lowest BCUT2D eigenvalue weighted by molar-refractivity contribution is 0.848. The van der Waals surface area contributed by atoms with E-state index in [9.17, 15) is 0 Å². The summed E-state index contributed by atoms with van der Waals surface area (Å²) in [5.41, 5.74) is 3.60. The average Bonchev–Trinajstić information content (AvgIpc) is 3.13. The standard InChI is InChI=1S/C21H20ClN5/c1-3-26(4-2)20-21-25-24-19(13-10-15-8-6-5-7-9-15)27(21)18-14-16(22)11-12-17(18)23-20/h5-14H,3-4H2,1-2H3. The smallest absolute Gasteiger partial charge is 0.204 e. The van der Waals surface area contributed by atoms with Crippen molar-refractivity contribution in [3.8, 4) is 0 Å². The largest absolute Gasteiger partial charge is 0.354 e. The van der Waals surface area contributed by atoms with Gasteiger partial charge < -0.3 is 4.90 Å². The van der Waals surface area contributed by atoms with E-state index in [1.54, 1.807) is 0 Å². The quantitative estimate of drug-likeness (QED) is 0.493. The Kier molecular flexibility index (Phi) is 4.77. The maximum Gasteiger partial charge on any atom is 0.204 e. The third-order valence-electron chi connectivity index (χ3n) is 4.58. The zero-order valence-corrected chi connectivity index (χ0v) is 16.1. The van der Waals surface area contributed by atoms with E-state index in [-0.39, 0.29) is 0 Å². The Morgan fingerprint density at radius 2 is 1.78 bits per heavy atom. The first-order valence-electron chi connectivity index (χ1n) is 9.03. The van der Waals surface area contributed by atoms with Gasteiger partial charge in [-0.1, -0.05) is 48.0 Å². The van der Waals surface area contributed by atoms with E-state index < -0.39 is 0 Å². The third-order valence-corrected chi connectivity index (χ3v) is 4.82. The Morgan fingerprint density at radius 3 is 2.52 bits per heavy atom. The molecule has 4 aromatic rings. The van der Waals surface area contributed by atoms with Crippen LogP contribution in [0.1, 0.15) is 25.2 Å². The second-order valence-corrected chi connectivity index (χ2v) is 6.64. The first-order chi connectivity index (χ1) is 13.2. The zero-order chi connectivity index (χ0) is 18.8. The van der Waals surface area contributed by atoms with Crippen LogP contribution in [0.25, 0.3) is 28.8 Å². The van der Waals surface area contributed by atoms with Gasteiger partial charge in [-0.05, 0) is 43.7 Å². The Balaban J connectivity index is 1.97. The summed E-state index contributed by atoms with van der Waals surface area (Å²) in [4.78, 5) is 7.02. The molecule has 0 saturated carbocycles. The molecule has 5 nitrogen and oxygen atoms in total. The van der Waals surface area contributed by atoms with Gasteiger partial charge in [-0.3, -0.25) is 4.40 Å². The summed E-state index contributed by atoms with van der Waals surface area (Å²) in [5.74, 6) is 1.58. The summed E-state index contributed by atoms with van der Waals surface area (Å²) >= 11 is 6.26. The Hall–Kier alpha value is -2.92. The van der Waals surface area contributed by atoms with Crippen LogP contribution >= 0.6 is 11.6 Å². The van der Waals surface area contributed by atoms with E-state index in [2.05, 4.69) is 41.1 Å². The first kappa shape index (κ1) is 17.5. The fourth-order valence-corrected chi connectivity index (χ4v) is 3.36. The molecule has 0 atom stereocenters. The molecule has 0 amide bonds. The predicted molar refractivity (Wildman–Crippen MR) is 112 cm³/mol. The lowest BCUT2D eigenvalue weighted by Crippen LogP contribution is -2.24. The van der Waals surface area contributed by atoms with Gasteiger partial charge >= 0.3 is 0 Å². The molecule has 6 heteroatoms. The van der Waals surface area contributed by atoms with Crippen molar-refractivity contribution in [2.24, 2.45) is 0 Å². The van der Waals surface area contributed by atoms with Crippen LogP contribution in [0.3, 0.4) is 0 Å². The van der Waals surface area contributed by atoms with Crippen LogP contribution in [0.5, 0.6) is 0 Å². The number of aromatic nitrogens is 4. The van der Waals surface area contributed by atoms with E-state index in [0.29, 0.717) is 5.02 Å². The summed E-state index contributed by atoms with van der Waals surface area (Å²) in [5, 5.41) is 9.52. The lowest BCUT2D eigenvalue weighted by atomic mass is 10.2. The molecule has 0 radical (unpaired) electrons. The fraction of sp³-hybridized carbons (Fsp3) is 0.190. The van der Waals surface area contributed by atoms with Gasteiger partial charge in [-0.15, -0.1) is 10.2 Å². The van der Waals surface area contributed by atoms with Crippen molar-refractivity contribution < 1.29 is 0 Å². The summed E-state index contributed by atoms with van der Waals surface area (Å²) in [7, 11) is 0. The molecule has 2 heterocycles. The van der Waals surface area contributed by atoms with E-state index in [1.165, 1.54) is 0 Å². The molecular formula is C21H20ClN5. The monoisotopic (exact) mass is 377 g/mol. The summed E-state index contributed by atoms with van der Waals surface area (Å²) in [6.07, 6.45) is 4.01. The van der Waals surface area contributed by atoms with Crippen molar-refractivity contribution >= 4 is 46.3 Å². The SMILES string of the molecule is CCN(CC)c1nc2ccc(Cl)cc2n2c(C=Cc3ccccc3)nnc12. The molecule has 0 N–H and O–H groups in total. The molecule has 2 aromatic heterocycles. The predicted octanol–water partition coefficient (Wildman–Crippen LogP) is 4.95. The number of hydrogen-bond acceptors (Lipinski definition) is 4. The van der Waals surface area contributed by atoms with E-state index in [1.807, 2.05) is 53.0 Å². The first-order valence-corrected chi connectivity index (χ1v) is 9.41. The van der Waals surface area contributed by atoms with Crippen LogP contribution in [0.4, 0.5) is 5.82 Å². The molecule has 0 unspecified atom stereocenters. The van der Waals surface area contributed by atoms with Gasteiger partial charge in [0.25, 0.3) is 0 Å². The number of hydrogen-bond donors (Lipinski definition) is 0. The third kappa shape index (κ3) is 3.26. The minimum Gasteiger partial charge on any atom is -0.354 e. The van der Waals surface area contributed by atoms with Crippen LogP contribution in [0.2, 0.25) is 5.02 Å². The number of anilines is 1. The van der Waals surface area contributed by atoms with Crippen molar-refractivity contribution in [1.29, 1.82) is 0 Å². The van der Waals surface area contributed by atoms with E-state index in [4.69, 9.17) is 16.6 Å². The highest BCUT2D eigenvalue weighted by atomic mass is 35.5. The minimum absolute atomic E-state index is 0.660. The van der Waals surface area contributed by atoms with Gasteiger partial charge in [0.2, 0.25) is 5.65 Å². The summed E-state index contributed by atoms with van der Waals surface area (Å²) in [6, 6.07) is 15.8. The van der Waals surface area contributed by atoms with Gasteiger partial charge in [-0.25, -0.2) is 4.98 Å². The number of fused-ring (bicyclic) bond motifs is 3. The van der Waals surface area contributed by atoms with Crippen LogP contribution in [0.15, 0.2) is 48.5 Å². The fourth-order valence-electron chi connectivity index (χ4n) is 3.19. The van der Waals surface area contributed by atoms with Crippen molar-refractivity contribution in [2.75, 3.05) is 18.0 Å². The van der Waals surface area contributed by atoms with Crippen LogP contribution in [-0.2, 0) is 0 Å². The average molecular weight is 378 g/mol. The highest BCUT2D eigenvalue weighted by Gasteiger charge is 2.17. The van der Waals surface area contributed by atoms with Crippen LogP contribution in [0, 0.1) is 0 Å². The molecule has 4 rings (SSSR count). The van der Waals surface area contributed by atoms with Gasteiger partial charge in [0, 0.05) is 18.1 Å². The minimum atomic E-state index is 0.660. The molecule has 0 aliphatic rings. The molecule has 0 bridgehead atoms. The second-order valence-electron chi connectivity index (χ2n) is 6.20.